The summed E-state index contributed by atoms with van der Waals surface area (Å²) in [5.41, 5.74) is 0.906. The first-order valence-electron chi connectivity index (χ1n) is 7.48. The first-order chi connectivity index (χ1) is 10.8. The van der Waals surface area contributed by atoms with Crippen LogP contribution in [0.25, 0.3) is 0 Å². The summed E-state index contributed by atoms with van der Waals surface area (Å²) in [6, 6.07) is 5.97. The SMILES string of the molecule is CC(C)NC(=O)Nc1cccc(C(=O)NC(C)CCC(=O)O)c1. The molecule has 1 rings (SSSR count). The van der Waals surface area contributed by atoms with Gasteiger partial charge in [0.25, 0.3) is 5.91 Å². The predicted molar refractivity (Wildman–Crippen MR) is 87.5 cm³/mol. The molecule has 0 aliphatic heterocycles. The standard InChI is InChI=1S/C16H23N3O4/c1-10(2)17-16(23)19-13-6-4-5-12(9-13)15(22)18-11(3)7-8-14(20)21/h4-6,9-11H,7-8H2,1-3H3,(H,18,22)(H,20,21)(H2,17,19,23). The van der Waals surface area contributed by atoms with Gasteiger partial charge < -0.3 is 21.1 Å². The molecule has 0 radical (unpaired) electrons. The fraction of sp³-hybridized carbons (Fsp3) is 0.438. The Hall–Kier alpha value is -2.57. The molecule has 7 nitrogen and oxygen atoms in total. The minimum Gasteiger partial charge on any atom is -0.481 e. The van der Waals surface area contributed by atoms with Crippen LogP contribution in [0.5, 0.6) is 0 Å². The summed E-state index contributed by atoms with van der Waals surface area (Å²) >= 11 is 0. The molecular weight excluding hydrogens is 298 g/mol. The predicted octanol–water partition coefficient (Wildman–Crippen LogP) is 2.20. The van der Waals surface area contributed by atoms with Crippen molar-refractivity contribution in [2.45, 2.75) is 45.7 Å². The van der Waals surface area contributed by atoms with Crippen molar-refractivity contribution >= 4 is 23.6 Å². The van der Waals surface area contributed by atoms with Crippen molar-refractivity contribution in [2.24, 2.45) is 0 Å². The molecule has 7 heteroatoms. The van der Waals surface area contributed by atoms with Crippen LogP contribution in [-0.4, -0.2) is 35.1 Å². The van der Waals surface area contributed by atoms with E-state index in [0.717, 1.165) is 0 Å². The van der Waals surface area contributed by atoms with E-state index in [1.165, 1.54) is 0 Å². The van der Waals surface area contributed by atoms with Gasteiger partial charge in [-0.3, -0.25) is 9.59 Å². The number of amides is 3. The van der Waals surface area contributed by atoms with Crippen molar-refractivity contribution in [2.75, 3.05) is 5.32 Å². The van der Waals surface area contributed by atoms with E-state index in [1.54, 1.807) is 31.2 Å². The molecule has 0 saturated carbocycles. The van der Waals surface area contributed by atoms with Crippen LogP contribution in [0.3, 0.4) is 0 Å². The number of anilines is 1. The molecule has 0 fully saturated rings. The summed E-state index contributed by atoms with van der Waals surface area (Å²) in [5, 5.41) is 16.7. The van der Waals surface area contributed by atoms with Gasteiger partial charge in [-0.05, 0) is 45.4 Å². The first-order valence-corrected chi connectivity index (χ1v) is 7.48. The van der Waals surface area contributed by atoms with E-state index < -0.39 is 5.97 Å². The molecule has 23 heavy (non-hydrogen) atoms. The summed E-state index contributed by atoms with van der Waals surface area (Å²) in [4.78, 5) is 34.3. The molecule has 0 saturated heterocycles. The van der Waals surface area contributed by atoms with Crippen molar-refractivity contribution in [1.82, 2.24) is 10.6 Å². The number of rotatable bonds is 7. The van der Waals surface area contributed by atoms with Gasteiger partial charge in [-0.1, -0.05) is 6.07 Å². The summed E-state index contributed by atoms with van der Waals surface area (Å²) in [6.45, 7) is 5.45. The molecule has 0 spiro atoms. The zero-order valence-electron chi connectivity index (χ0n) is 13.6. The Morgan fingerprint density at radius 3 is 2.43 bits per heavy atom. The molecule has 0 aliphatic rings. The summed E-state index contributed by atoms with van der Waals surface area (Å²) in [6.07, 6.45) is 0.355. The normalized spacial score (nSPS) is 11.7. The fourth-order valence-corrected chi connectivity index (χ4v) is 1.89. The maximum atomic E-state index is 12.1. The van der Waals surface area contributed by atoms with Crippen LogP contribution in [0.4, 0.5) is 10.5 Å². The molecule has 0 bridgehead atoms. The van der Waals surface area contributed by atoms with Crippen LogP contribution >= 0.6 is 0 Å². The number of carboxylic acid groups (broad SMARTS) is 1. The highest BCUT2D eigenvalue weighted by molar-refractivity contribution is 5.97. The molecule has 126 valence electrons. The number of hydrogen-bond acceptors (Lipinski definition) is 3. The van der Waals surface area contributed by atoms with Crippen molar-refractivity contribution in [1.29, 1.82) is 0 Å². The van der Waals surface area contributed by atoms with E-state index in [0.29, 0.717) is 17.7 Å². The highest BCUT2D eigenvalue weighted by Gasteiger charge is 2.12. The Morgan fingerprint density at radius 2 is 1.83 bits per heavy atom. The van der Waals surface area contributed by atoms with Gasteiger partial charge in [0.2, 0.25) is 0 Å². The minimum atomic E-state index is -0.895. The van der Waals surface area contributed by atoms with Crippen molar-refractivity contribution in [3.05, 3.63) is 29.8 Å². The number of aliphatic carboxylic acids is 1. The van der Waals surface area contributed by atoms with Crippen LogP contribution in [0.15, 0.2) is 24.3 Å². The van der Waals surface area contributed by atoms with Gasteiger partial charge in [0, 0.05) is 29.8 Å². The quantitative estimate of drug-likeness (QED) is 0.617. The van der Waals surface area contributed by atoms with Crippen molar-refractivity contribution in [3.63, 3.8) is 0 Å². The lowest BCUT2D eigenvalue weighted by atomic mass is 10.1. The van der Waals surface area contributed by atoms with Gasteiger partial charge in [0.15, 0.2) is 0 Å². The molecule has 1 aromatic carbocycles. The second-order valence-corrected chi connectivity index (χ2v) is 5.64. The lowest BCUT2D eigenvalue weighted by molar-refractivity contribution is -0.137. The number of urea groups is 1. The molecular formula is C16H23N3O4. The van der Waals surface area contributed by atoms with E-state index in [-0.39, 0.29) is 30.4 Å². The number of carbonyl (C=O) groups is 3. The highest BCUT2D eigenvalue weighted by atomic mass is 16.4. The van der Waals surface area contributed by atoms with Crippen LogP contribution in [0, 0.1) is 0 Å². The van der Waals surface area contributed by atoms with Crippen molar-refractivity contribution in [3.8, 4) is 0 Å². The van der Waals surface area contributed by atoms with Gasteiger partial charge in [-0.2, -0.15) is 0 Å². The zero-order chi connectivity index (χ0) is 17.4. The average molecular weight is 321 g/mol. The number of carbonyl (C=O) groups excluding carboxylic acids is 2. The van der Waals surface area contributed by atoms with Crippen LogP contribution in [0.2, 0.25) is 0 Å². The first kappa shape index (κ1) is 18.5. The van der Waals surface area contributed by atoms with E-state index in [4.69, 9.17) is 5.11 Å². The average Bonchev–Trinajstić information content (AvgIpc) is 2.44. The van der Waals surface area contributed by atoms with Gasteiger partial charge in [0.05, 0.1) is 0 Å². The second-order valence-electron chi connectivity index (χ2n) is 5.64. The van der Waals surface area contributed by atoms with E-state index >= 15 is 0 Å². The fourth-order valence-electron chi connectivity index (χ4n) is 1.89. The largest absolute Gasteiger partial charge is 0.481 e. The van der Waals surface area contributed by atoms with Crippen molar-refractivity contribution < 1.29 is 19.5 Å². The second kappa shape index (κ2) is 8.77. The molecule has 4 N–H and O–H groups in total. The van der Waals surface area contributed by atoms with Gasteiger partial charge in [-0.25, -0.2) is 4.79 Å². The maximum absolute atomic E-state index is 12.1. The Morgan fingerprint density at radius 1 is 1.13 bits per heavy atom. The molecule has 0 heterocycles. The summed E-state index contributed by atoms with van der Waals surface area (Å²) in [5.74, 6) is -1.20. The number of hydrogen-bond donors (Lipinski definition) is 4. The van der Waals surface area contributed by atoms with Crippen LogP contribution in [0.1, 0.15) is 44.0 Å². The summed E-state index contributed by atoms with van der Waals surface area (Å²) < 4.78 is 0. The topological polar surface area (TPSA) is 108 Å². The monoisotopic (exact) mass is 321 g/mol. The van der Waals surface area contributed by atoms with Crippen LogP contribution in [-0.2, 0) is 4.79 Å². The molecule has 1 aromatic rings. The third-order valence-electron chi connectivity index (χ3n) is 2.97. The summed E-state index contributed by atoms with van der Waals surface area (Å²) in [7, 11) is 0. The lowest BCUT2D eigenvalue weighted by Crippen LogP contribution is -2.34. The Bertz CT molecular complexity index is 572. The molecule has 0 aliphatic carbocycles. The van der Waals surface area contributed by atoms with Gasteiger partial charge in [0.1, 0.15) is 0 Å². The third-order valence-corrected chi connectivity index (χ3v) is 2.97. The van der Waals surface area contributed by atoms with Gasteiger partial charge in [-0.15, -0.1) is 0 Å². The van der Waals surface area contributed by atoms with Crippen LogP contribution < -0.4 is 16.0 Å². The van der Waals surface area contributed by atoms with E-state index in [2.05, 4.69) is 16.0 Å². The number of nitrogens with one attached hydrogen (secondary N) is 3. The molecule has 1 unspecified atom stereocenters. The smallest absolute Gasteiger partial charge is 0.319 e. The number of carboxylic acids is 1. The highest BCUT2D eigenvalue weighted by Crippen LogP contribution is 2.11. The van der Waals surface area contributed by atoms with E-state index in [1.807, 2.05) is 13.8 Å². The maximum Gasteiger partial charge on any atom is 0.319 e. The minimum absolute atomic E-state index is 0.00157. The number of benzene rings is 1. The van der Waals surface area contributed by atoms with Gasteiger partial charge >= 0.3 is 12.0 Å². The lowest BCUT2D eigenvalue weighted by Gasteiger charge is -2.14. The zero-order valence-corrected chi connectivity index (χ0v) is 13.6. The Kier molecular flexibility index (Phi) is 7.05. The van der Waals surface area contributed by atoms with E-state index in [9.17, 15) is 14.4 Å². The molecule has 0 aromatic heterocycles. The Labute approximate surface area is 135 Å². The molecule has 3 amide bonds. The third kappa shape index (κ3) is 7.30. The molecule has 1 atom stereocenters. The Balaban J connectivity index is 2.63.